The fourth-order valence-electron chi connectivity index (χ4n) is 1.51. The third kappa shape index (κ3) is 3.30. The highest BCUT2D eigenvalue weighted by molar-refractivity contribution is 5.88. The number of nitrogens with two attached hydrogens (primary N) is 2. The SMILES string of the molecule is CC(C)(C)CC(CN)c1nc(C(N)=O)no1. The molecule has 0 aliphatic carbocycles. The first-order valence-corrected chi connectivity index (χ1v) is 5.17. The number of hydrogen-bond acceptors (Lipinski definition) is 5. The van der Waals surface area contributed by atoms with E-state index in [1.54, 1.807) is 0 Å². The molecule has 1 amide bonds. The van der Waals surface area contributed by atoms with Crippen molar-refractivity contribution in [2.75, 3.05) is 6.54 Å². The summed E-state index contributed by atoms with van der Waals surface area (Å²) in [5, 5.41) is 3.50. The molecule has 1 atom stereocenters. The zero-order valence-electron chi connectivity index (χ0n) is 9.86. The molecule has 0 aliphatic rings. The Balaban J connectivity index is 2.83. The van der Waals surface area contributed by atoms with Crippen molar-refractivity contribution in [2.24, 2.45) is 16.9 Å². The van der Waals surface area contributed by atoms with Crippen molar-refractivity contribution in [2.45, 2.75) is 33.1 Å². The summed E-state index contributed by atoms with van der Waals surface area (Å²) in [6.07, 6.45) is 0.809. The van der Waals surface area contributed by atoms with Crippen molar-refractivity contribution in [1.29, 1.82) is 0 Å². The lowest BCUT2D eigenvalue weighted by molar-refractivity contribution is 0.0987. The van der Waals surface area contributed by atoms with Gasteiger partial charge in [-0.25, -0.2) is 0 Å². The fourth-order valence-corrected chi connectivity index (χ4v) is 1.51. The Hall–Kier alpha value is -1.43. The first kappa shape index (κ1) is 12.6. The lowest BCUT2D eigenvalue weighted by Gasteiger charge is -2.22. The predicted octanol–water partition coefficient (Wildman–Crippen LogP) is 0.647. The Bertz CT molecular complexity index is 367. The molecule has 0 aliphatic heterocycles. The Labute approximate surface area is 94.4 Å². The van der Waals surface area contributed by atoms with Gasteiger partial charge < -0.3 is 16.0 Å². The summed E-state index contributed by atoms with van der Waals surface area (Å²) in [5.41, 5.74) is 10.8. The van der Waals surface area contributed by atoms with E-state index >= 15 is 0 Å². The van der Waals surface area contributed by atoms with Crippen LogP contribution in [0.4, 0.5) is 0 Å². The molecule has 16 heavy (non-hydrogen) atoms. The minimum atomic E-state index is -0.693. The third-order valence-corrected chi connectivity index (χ3v) is 2.15. The maximum absolute atomic E-state index is 10.8. The molecule has 1 unspecified atom stereocenters. The molecular formula is C10H18N4O2. The van der Waals surface area contributed by atoms with Crippen LogP contribution in [0.25, 0.3) is 0 Å². The molecule has 0 spiro atoms. The normalized spacial score (nSPS) is 13.8. The number of carbonyl (C=O) groups is 1. The molecule has 1 aromatic rings. The maximum atomic E-state index is 10.8. The summed E-state index contributed by atoms with van der Waals surface area (Å²) >= 11 is 0. The topological polar surface area (TPSA) is 108 Å². The average molecular weight is 226 g/mol. The van der Waals surface area contributed by atoms with Gasteiger partial charge in [0, 0.05) is 6.54 Å². The fraction of sp³-hybridized carbons (Fsp3) is 0.700. The van der Waals surface area contributed by atoms with E-state index in [2.05, 4.69) is 30.9 Å². The predicted molar refractivity (Wildman–Crippen MR) is 58.7 cm³/mol. The van der Waals surface area contributed by atoms with Crippen LogP contribution in [0.1, 0.15) is 49.6 Å². The second kappa shape index (κ2) is 4.61. The van der Waals surface area contributed by atoms with Gasteiger partial charge in [-0.2, -0.15) is 4.98 Å². The van der Waals surface area contributed by atoms with E-state index in [9.17, 15) is 4.79 Å². The molecule has 0 aromatic carbocycles. The number of amides is 1. The number of primary amides is 1. The van der Waals surface area contributed by atoms with Gasteiger partial charge in [-0.05, 0) is 11.8 Å². The molecule has 6 heteroatoms. The number of carbonyl (C=O) groups excluding carboxylic acids is 1. The van der Waals surface area contributed by atoms with E-state index in [0.29, 0.717) is 12.4 Å². The van der Waals surface area contributed by atoms with Gasteiger partial charge in [0.2, 0.25) is 5.89 Å². The van der Waals surface area contributed by atoms with E-state index in [0.717, 1.165) is 6.42 Å². The third-order valence-electron chi connectivity index (χ3n) is 2.15. The van der Waals surface area contributed by atoms with Gasteiger partial charge >= 0.3 is 0 Å². The number of hydrogen-bond donors (Lipinski definition) is 2. The van der Waals surface area contributed by atoms with Crippen molar-refractivity contribution >= 4 is 5.91 Å². The zero-order valence-corrected chi connectivity index (χ0v) is 9.86. The zero-order chi connectivity index (χ0) is 12.3. The molecule has 0 radical (unpaired) electrons. The molecule has 4 N–H and O–H groups in total. The molecule has 0 saturated carbocycles. The van der Waals surface area contributed by atoms with E-state index in [1.165, 1.54) is 0 Å². The van der Waals surface area contributed by atoms with Crippen molar-refractivity contribution < 1.29 is 9.32 Å². The first-order valence-electron chi connectivity index (χ1n) is 5.17. The van der Waals surface area contributed by atoms with Gasteiger partial charge in [0.1, 0.15) is 0 Å². The molecule has 1 rings (SSSR count). The summed E-state index contributed by atoms with van der Waals surface area (Å²) in [5.74, 6) is -0.448. The van der Waals surface area contributed by atoms with E-state index < -0.39 is 5.91 Å². The molecule has 0 saturated heterocycles. The second-order valence-electron chi connectivity index (χ2n) is 5.02. The quantitative estimate of drug-likeness (QED) is 0.783. The van der Waals surface area contributed by atoms with Crippen LogP contribution < -0.4 is 11.5 Å². The second-order valence-corrected chi connectivity index (χ2v) is 5.02. The number of rotatable bonds is 4. The van der Waals surface area contributed by atoms with Gasteiger partial charge in [-0.15, -0.1) is 0 Å². The summed E-state index contributed by atoms with van der Waals surface area (Å²) in [7, 11) is 0. The van der Waals surface area contributed by atoms with Crippen molar-refractivity contribution in [3.8, 4) is 0 Å². The Morgan fingerprint density at radius 1 is 1.50 bits per heavy atom. The van der Waals surface area contributed by atoms with Crippen LogP contribution in [-0.2, 0) is 0 Å². The number of nitrogens with zero attached hydrogens (tertiary/aromatic N) is 2. The van der Waals surface area contributed by atoms with Crippen molar-refractivity contribution in [1.82, 2.24) is 10.1 Å². The summed E-state index contributed by atoms with van der Waals surface area (Å²) in [6, 6.07) is 0. The monoisotopic (exact) mass is 226 g/mol. The molecule has 6 nitrogen and oxygen atoms in total. The maximum Gasteiger partial charge on any atom is 0.290 e. The van der Waals surface area contributed by atoms with Gasteiger partial charge in [0.05, 0.1) is 5.92 Å². The van der Waals surface area contributed by atoms with E-state index in [4.69, 9.17) is 16.0 Å². The Morgan fingerprint density at radius 2 is 2.12 bits per heavy atom. The number of aromatic nitrogens is 2. The van der Waals surface area contributed by atoms with E-state index in [1.807, 2.05) is 0 Å². The molecule has 1 heterocycles. The van der Waals surface area contributed by atoms with Crippen LogP contribution in [0.15, 0.2) is 4.52 Å². The summed E-state index contributed by atoms with van der Waals surface area (Å²) in [4.78, 5) is 14.7. The molecule has 0 fully saturated rings. The largest absolute Gasteiger partial charge is 0.363 e. The van der Waals surface area contributed by atoms with Crippen LogP contribution >= 0.6 is 0 Å². The standard InChI is InChI=1S/C10H18N4O2/c1-10(2,3)4-6(5-11)9-13-8(7(12)15)14-16-9/h6H,4-5,11H2,1-3H3,(H2,12,15). The van der Waals surface area contributed by atoms with Crippen LogP contribution in [0.3, 0.4) is 0 Å². The summed E-state index contributed by atoms with van der Waals surface area (Å²) in [6.45, 7) is 6.70. The lowest BCUT2D eigenvalue weighted by atomic mass is 9.84. The molecule has 90 valence electrons. The van der Waals surface area contributed by atoms with Crippen LogP contribution in [0.2, 0.25) is 0 Å². The Kier molecular flexibility index (Phi) is 3.64. The van der Waals surface area contributed by atoms with Crippen LogP contribution in [0, 0.1) is 5.41 Å². The lowest BCUT2D eigenvalue weighted by Crippen LogP contribution is -2.20. The highest BCUT2D eigenvalue weighted by Crippen LogP contribution is 2.29. The van der Waals surface area contributed by atoms with Crippen molar-refractivity contribution in [3.05, 3.63) is 11.7 Å². The van der Waals surface area contributed by atoms with Crippen molar-refractivity contribution in [3.63, 3.8) is 0 Å². The van der Waals surface area contributed by atoms with Crippen LogP contribution in [0.5, 0.6) is 0 Å². The van der Waals surface area contributed by atoms with Crippen LogP contribution in [-0.4, -0.2) is 22.6 Å². The molecular weight excluding hydrogens is 208 g/mol. The molecule has 1 aromatic heterocycles. The highest BCUT2D eigenvalue weighted by Gasteiger charge is 2.24. The Morgan fingerprint density at radius 3 is 2.50 bits per heavy atom. The minimum Gasteiger partial charge on any atom is -0.363 e. The smallest absolute Gasteiger partial charge is 0.290 e. The highest BCUT2D eigenvalue weighted by atomic mass is 16.5. The van der Waals surface area contributed by atoms with Gasteiger partial charge in [0.25, 0.3) is 11.7 Å². The van der Waals surface area contributed by atoms with E-state index in [-0.39, 0.29) is 17.2 Å². The summed E-state index contributed by atoms with van der Waals surface area (Å²) < 4.78 is 4.98. The van der Waals surface area contributed by atoms with Gasteiger partial charge in [0.15, 0.2) is 0 Å². The average Bonchev–Trinajstić information content (AvgIpc) is 2.61. The minimum absolute atomic E-state index is 0.0411. The molecule has 0 bridgehead atoms. The first-order chi connectivity index (χ1) is 7.33. The van der Waals surface area contributed by atoms with Gasteiger partial charge in [-0.3, -0.25) is 4.79 Å². The van der Waals surface area contributed by atoms with Gasteiger partial charge in [-0.1, -0.05) is 25.9 Å².